The van der Waals surface area contributed by atoms with Gasteiger partial charge in [-0.2, -0.15) is 0 Å². The van der Waals surface area contributed by atoms with Gasteiger partial charge in [-0.3, -0.25) is 0 Å². The highest BCUT2D eigenvalue weighted by Crippen LogP contribution is 2.32. The maximum Gasteiger partial charge on any atom is 0.166 e. The van der Waals surface area contributed by atoms with E-state index < -0.39 is 0 Å². The van der Waals surface area contributed by atoms with Crippen molar-refractivity contribution in [1.29, 1.82) is 0 Å². The Hall–Kier alpha value is -2.04. The van der Waals surface area contributed by atoms with Gasteiger partial charge in [0.2, 0.25) is 0 Å². The number of para-hydroxylation sites is 1. The van der Waals surface area contributed by atoms with E-state index >= 15 is 0 Å². The van der Waals surface area contributed by atoms with Gasteiger partial charge in [0.1, 0.15) is 6.61 Å². The highest BCUT2D eigenvalue weighted by molar-refractivity contribution is 5.46. The Bertz CT molecular complexity index is 654. The van der Waals surface area contributed by atoms with Gasteiger partial charge in [-0.05, 0) is 56.9 Å². The standard InChI is InChI=1S/C22H30N2O2/c1-2-25-21-10-6-9-20(16-24-15-18-11-13-23-14-12-18)22(21)26-17-19-7-4-3-5-8-19/h3-10,18,23-24H,2,11-17H2,1H3. The van der Waals surface area contributed by atoms with Crippen LogP contribution in [-0.4, -0.2) is 26.2 Å². The van der Waals surface area contributed by atoms with Crippen LogP contribution in [0, 0.1) is 5.92 Å². The van der Waals surface area contributed by atoms with Gasteiger partial charge in [-0.25, -0.2) is 0 Å². The average Bonchev–Trinajstić information content (AvgIpc) is 2.69. The molecule has 0 amide bonds. The first-order valence-electron chi connectivity index (χ1n) is 9.69. The molecule has 0 aliphatic carbocycles. The van der Waals surface area contributed by atoms with Crippen molar-refractivity contribution < 1.29 is 9.47 Å². The van der Waals surface area contributed by atoms with E-state index in [2.05, 4.69) is 28.8 Å². The quantitative estimate of drug-likeness (QED) is 0.720. The molecule has 0 radical (unpaired) electrons. The lowest BCUT2D eigenvalue weighted by Gasteiger charge is -2.23. The molecule has 1 aliphatic heterocycles. The summed E-state index contributed by atoms with van der Waals surface area (Å²) in [5.74, 6) is 2.45. The van der Waals surface area contributed by atoms with Crippen LogP contribution in [0.4, 0.5) is 0 Å². The normalized spacial score (nSPS) is 15.0. The molecule has 0 aromatic heterocycles. The van der Waals surface area contributed by atoms with Crippen molar-refractivity contribution in [2.45, 2.75) is 32.9 Å². The van der Waals surface area contributed by atoms with Crippen molar-refractivity contribution in [2.24, 2.45) is 5.92 Å². The van der Waals surface area contributed by atoms with Crippen LogP contribution in [0.15, 0.2) is 48.5 Å². The zero-order valence-electron chi connectivity index (χ0n) is 15.7. The summed E-state index contributed by atoms with van der Waals surface area (Å²) in [6, 6.07) is 16.4. The van der Waals surface area contributed by atoms with Crippen molar-refractivity contribution in [3.63, 3.8) is 0 Å². The molecule has 1 fully saturated rings. The van der Waals surface area contributed by atoms with E-state index in [9.17, 15) is 0 Å². The number of nitrogens with one attached hydrogen (secondary N) is 2. The third kappa shape index (κ3) is 5.48. The van der Waals surface area contributed by atoms with Crippen LogP contribution in [0.1, 0.15) is 30.9 Å². The van der Waals surface area contributed by atoms with E-state index in [1.807, 2.05) is 37.3 Å². The summed E-state index contributed by atoms with van der Waals surface area (Å²) < 4.78 is 12.0. The number of rotatable bonds is 9. The van der Waals surface area contributed by atoms with Gasteiger partial charge in [0.05, 0.1) is 6.61 Å². The van der Waals surface area contributed by atoms with Gasteiger partial charge in [0, 0.05) is 12.1 Å². The van der Waals surface area contributed by atoms with Crippen molar-refractivity contribution in [1.82, 2.24) is 10.6 Å². The molecule has 0 spiro atoms. The van der Waals surface area contributed by atoms with E-state index in [-0.39, 0.29) is 0 Å². The van der Waals surface area contributed by atoms with Crippen LogP contribution in [0.3, 0.4) is 0 Å². The molecule has 4 nitrogen and oxygen atoms in total. The molecule has 2 aromatic rings. The minimum absolute atomic E-state index is 0.548. The molecule has 26 heavy (non-hydrogen) atoms. The first-order valence-corrected chi connectivity index (χ1v) is 9.69. The van der Waals surface area contributed by atoms with Crippen molar-refractivity contribution in [2.75, 3.05) is 26.2 Å². The van der Waals surface area contributed by atoms with E-state index in [1.54, 1.807) is 0 Å². The van der Waals surface area contributed by atoms with Crippen LogP contribution >= 0.6 is 0 Å². The molecule has 4 heteroatoms. The highest BCUT2D eigenvalue weighted by atomic mass is 16.5. The minimum atomic E-state index is 0.548. The smallest absolute Gasteiger partial charge is 0.166 e. The fraction of sp³-hybridized carbons (Fsp3) is 0.455. The second-order valence-corrected chi connectivity index (χ2v) is 6.78. The molecule has 2 aromatic carbocycles. The molecule has 1 saturated heterocycles. The second-order valence-electron chi connectivity index (χ2n) is 6.78. The maximum absolute atomic E-state index is 6.17. The molecule has 0 saturated carbocycles. The number of piperidine rings is 1. The number of benzene rings is 2. The monoisotopic (exact) mass is 354 g/mol. The Morgan fingerprint density at radius 1 is 1.00 bits per heavy atom. The zero-order valence-corrected chi connectivity index (χ0v) is 15.7. The molecule has 2 N–H and O–H groups in total. The Balaban J connectivity index is 1.64. The molecule has 1 heterocycles. The Morgan fingerprint density at radius 2 is 1.81 bits per heavy atom. The van der Waals surface area contributed by atoms with Crippen LogP contribution in [0.2, 0.25) is 0 Å². The lowest BCUT2D eigenvalue weighted by atomic mass is 9.98. The average molecular weight is 354 g/mol. The van der Waals surface area contributed by atoms with Crippen molar-refractivity contribution >= 4 is 0 Å². The lowest BCUT2D eigenvalue weighted by molar-refractivity contribution is 0.265. The number of ether oxygens (including phenoxy) is 2. The molecule has 140 valence electrons. The summed E-state index contributed by atoms with van der Waals surface area (Å²) in [7, 11) is 0. The predicted octanol–water partition coefficient (Wildman–Crippen LogP) is 3.75. The van der Waals surface area contributed by atoms with E-state index in [4.69, 9.17) is 9.47 Å². The lowest BCUT2D eigenvalue weighted by Crippen LogP contribution is -2.33. The second kappa shape index (κ2) is 10.2. The van der Waals surface area contributed by atoms with Crippen LogP contribution < -0.4 is 20.1 Å². The fourth-order valence-electron chi connectivity index (χ4n) is 3.36. The summed E-state index contributed by atoms with van der Waals surface area (Å²) in [4.78, 5) is 0. The first-order chi connectivity index (χ1) is 12.9. The highest BCUT2D eigenvalue weighted by Gasteiger charge is 2.14. The van der Waals surface area contributed by atoms with Gasteiger partial charge >= 0.3 is 0 Å². The van der Waals surface area contributed by atoms with E-state index in [1.165, 1.54) is 12.8 Å². The molecular weight excluding hydrogens is 324 g/mol. The molecule has 3 rings (SSSR count). The van der Waals surface area contributed by atoms with Crippen LogP contribution in [-0.2, 0) is 13.2 Å². The van der Waals surface area contributed by atoms with E-state index in [0.717, 1.165) is 54.7 Å². The largest absolute Gasteiger partial charge is 0.490 e. The summed E-state index contributed by atoms with van der Waals surface area (Å²) in [5, 5.41) is 7.04. The van der Waals surface area contributed by atoms with Crippen molar-refractivity contribution in [3.8, 4) is 11.5 Å². The Morgan fingerprint density at radius 3 is 2.58 bits per heavy atom. The predicted molar refractivity (Wildman–Crippen MR) is 106 cm³/mol. The number of hydrogen-bond acceptors (Lipinski definition) is 4. The molecule has 0 unspecified atom stereocenters. The molecular formula is C22H30N2O2. The first kappa shape index (κ1) is 18.7. The molecule has 0 bridgehead atoms. The van der Waals surface area contributed by atoms with Crippen LogP contribution in [0.25, 0.3) is 0 Å². The summed E-state index contributed by atoms with van der Waals surface area (Å²) >= 11 is 0. The van der Waals surface area contributed by atoms with E-state index in [0.29, 0.717) is 13.2 Å². The van der Waals surface area contributed by atoms with Gasteiger partial charge in [-0.1, -0.05) is 42.5 Å². The van der Waals surface area contributed by atoms with Crippen LogP contribution in [0.5, 0.6) is 11.5 Å². The maximum atomic E-state index is 6.17. The molecule has 0 atom stereocenters. The van der Waals surface area contributed by atoms with Gasteiger partial charge in [0.15, 0.2) is 11.5 Å². The van der Waals surface area contributed by atoms with Gasteiger partial charge in [-0.15, -0.1) is 0 Å². The third-order valence-electron chi connectivity index (χ3n) is 4.79. The molecule has 1 aliphatic rings. The van der Waals surface area contributed by atoms with Gasteiger partial charge < -0.3 is 20.1 Å². The Kier molecular flexibility index (Phi) is 7.35. The topological polar surface area (TPSA) is 42.5 Å². The summed E-state index contributed by atoms with van der Waals surface area (Å²) in [5.41, 5.74) is 2.31. The number of hydrogen-bond donors (Lipinski definition) is 2. The van der Waals surface area contributed by atoms with Crippen molar-refractivity contribution in [3.05, 3.63) is 59.7 Å². The fourth-order valence-corrected chi connectivity index (χ4v) is 3.36. The van der Waals surface area contributed by atoms with Gasteiger partial charge in [0.25, 0.3) is 0 Å². The summed E-state index contributed by atoms with van der Waals surface area (Å²) in [6.07, 6.45) is 2.51. The third-order valence-corrected chi connectivity index (χ3v) is 4.79. The SMILES string of the molecule is CCOc1cccc(CNCC2CCNCC2)c1OCc1ccccc1. The zero-order chi connectivity index (χ0) is 18.0. The minimum Gasteiger partial charge on any atom is -0.490 e. The summed E-state index contributed by atoms with van der Waals surface area (Å²) in [6.45, 7) is 7.31. The Labute approximate surface area is 156 Å².